The Hall–Kier alpha value is -1.46. The van der Waals surface area contributed by atoms with Gasteiger partial charge in [0.1, 0.15) is 18.2 Å². The zero-order valence-electron chi connectivity index (χ0n) is 9.39. The molecule has 0 unspecified atom stereocenters. The Balaban J connectivity index is 2.05. The minimum absolute atomic E-state index is 0.317. The quantitative estimate of drug-likeness (QED) is 0.910. The molecule has 0 aliphatic heterocycles. The topological polar surface area (TPSA) is 48.1 Å². The van der Waals surface area contributed by atoms with Crippen molar-refractivity contribution in [3.63, 3.8) is 0 Å². The average Bonchev–Trinajstić information content (AvgIpc) is 2.78. The van der Waals surface area contributed by atoms with Gasteiger partial charge in [0.2, 0.25) is 0 Å². The Morgan fingerprint density at radius 3 is 2.94 bits per heavy atom. The first-order valence-electron chi connectivity index (χ1n) is 5.21. The van der Waals surface area contributed by atoms with Crippen molar-refractivity contribution < 1.29 is 9.13 Å². The Kier molecular flexibility index (Phi) is 3.71. The van der Waals surface area contributed by atoms with E-state index in [0.717, 1.165) is 5.69 Å². The first-order chi connectivity index (χ1) is 8.16. The van der Waals surface area contributed by atoms with Crippen LogP contribution < -0.4 is 10.5 Å². The first kappa shape index (κ1) is 12.0. The summed E-state index contributed by atoms with van der Waals surface area (Å²) in [5, 5.41) is 1.90. The molecule has 3 nitrogen and oxygen atoms in total. The van der Waals surface area contributed by atoms with Crippen molar-refractivity contribution in [2.45, 2.75) is 19.6 Å². The molecular formula is C12H13FN2OS. The number of thiazole rings is 1. The molecule has 5 heteroatoms. The number of aromatic nitrogens is 1. The molecule has 0 radical (unpaired) electrons. The predicted molar refractivity (Wildman–Crippen MR) is 65.4 cm³/mol. The molecule has 0 bridgehead atoms. The molecule has 0 saturated heterocycles. The Bertz CT molecular complexity index is 485. The second-order valence-corrected chi connectivity index (χ2v) is 4.46. The second kappa shape index (κ2) is 5.25. The fraction of sp³-hybridized carbons (Fsp3) is 0.250. The number of nitrogens with zero attached hydrogens (tertiary/aromatic N) is 1. The minimum Gasteiger partial charge on any atom is -0.487 e. The third kappa shape index (κ3) is 3.01. The lowest BCUT2D eigenvalue weighted by Gasteiger charge is -2.09. The summed E-state index contributed by atoms with van der Waals surface area (Å²) >= 11 is 1.50. The van der Waals surface area contributed by atoms with Gasteiger partial charge in [-0.3, -0.25) is 0 Å². The van der Waals surface area contributed by atoms with Crippen LogP contribution in [0.3, 0.4) is 0 Å². The van der Waals surface area contributed by atoms with Gasteiger partial charge >= 0.3 is 0 Å². The molecule has 1 heterocycles. The monoisotopic (exact) mass is 252 g/mol. The van der Waals surface area contributed by atoms with Gasteiger partial charge in [0.15, 0.2) is 0 Å². The molecule has 2 rings (SSSR count). The summed E-state index contributed by atoms with van der Waals surface area (Å²) in [6.45, 7) is 2.09. The lowest BCUT2D eigenvalue weighted by atomic mass is 10.1. The highest BCUT2D eigenvalue weighted by Crippen LogP contribution is 2.21. The van der Waals surface area contributed by atoms with E-state index in [1.807, 2.05) is 5.38 Å². The molecule has 0 spiro atoms. The van der Waals surface area contributed by atoms with Crippen LogP contribution in [0, 0.1) is 5.82 Å². The van der Waals surface area contributed by atoms with Crippen LogP contribution in [0.2, 0.25) is 0 Å². The minimum atomic E-state index is -0.337. The van der Waals surface area contributed by atoms with Crippen LogP contribution in [0.25, 0.3) is 0 Å². The van der Waals surface area contributed by atoms with Crippen LogP contribution in [-0.4, -0.2) is 4.98 Å². The molecule has 2 aromatic rings. The van der Waals surface area contributed by atoms with Crippen LogP contribution in [0.5, 0.6) is 5.75 Å². The van der Waals surface area contributed by atoms with Crippen LogP contribution in [0.4, 0.5) is 4.39 Å². The molecular weight excluding hydrogens is 239 g/mol. The third-order valence-electron chi connectivity index (χ3n) is 2.33. The molecule has 0 saturated carbocycles. The van der Waals surface area contributed by atoms with Crippen LogP contribution >= 0.6 is 11.3 Å². The first-order valence-corrected chi connectivity index (χ1v) is 6.16. The average molecular weight is 252 g/mol. The van der Waals surface area contributed by atoms with Crippen molar-refractivity contribution in [3.05, 3.63) is 46.2 Å². The zero-order valence-corrected chi connectivity index (χ0v) is 10.2. The number of ether oxygens (including phenoxy) is 1. The van der Waals surface area contributed by atoms with Crippen molar-refractivity contribution >= 4 is 11.3 Å². The summed E-state index contributed by atoms with van der Waals surface area (Å²) in [6, 6.07) is 4.40. The predicted octanol–water partition coefficient (Wildman–Crippen LogP) is 2.88. The van der Waals surface area contributed by atoms with Crippen molar-refractivity contribution in [1.29, 1.82) is 0 Å². The largest absolute Gasteiger partial charge is 0.487 e. The van der Waals surface area contributed by atoms with E-state index in [-0.39, 0.29) is 11.9 Å². The fourth-order valence-corrected chi connectivity index (χ4v) is 1.98. The molecule has 2 N–H and O–H groups in total. The number of rotatable bonds is 4. The van der Waals surface area contributed by atoms with Gasteiger partial charge < -0.3 is 10.5 Å². The van der Waals surface area contributed by atoms with Gasteiger partial charge in [-0.1, -0.05) is 6.07 Å². The molecule has 17 heavy (non-hydrogen) atoms. The highest BCUT2D eigenvalue weighted by Gasteiger charge is 2.08. The van der Waals surface area contributed by atoms with Crippen molar-refractivity contribution in [1.82, 2.24) is 4.98 Å². The molecule has 0 aliphatic carbocycles. The number of hydrogen-bond acceptors (Lipinski definition) is 4. The van der Waals surface area contributed by atoms with E-state index in [1.54, 1.807) is 24.6 Å². The molecule has 0 fully saturated rings. The molecule has 0 amide bonds. The third-order valence-corrected chi connectivity index (χ3v) is 2.97. The Morgan fingerprint density at radius 2 is 2.35 bits per heavy atom. The summed E-state index contributed by atoms with van der Waals surface area (Å²) in [7, 11) is 0. The van der Waals surface area contributed by atoms with E-state index in [1.165, 1.54) is 17.4 Å². The van der Waals surface area contributed by atoms with Gasteiger partial charge in [-0.2, -0.15) is 0 Å². The molecule has 1 aromatic carbocycles. The van der Waals surface area contributed by atoms with Crippen molar-refractivity contribution in [2.75, 3.05) is 0 Å². The molecule has 1 aromatic heterocycles. The van der Waals surface area contributed by atoms with Crippen LogP contribution in [0.1, 0.15) is 24.2 Å². The highest BCUT2D eigenvalue weighted by atomic mass is 32.1. The summed E-state index contributed by atoms with van der Waals surface area (Å²) < 4.78 is 19.0. The maximum atomic E-state index is 13.6. The van der Waals surface area contributed by atoms with Gasteiger partial charge in [-0.15, -0.1) is 11.3 Å². The van der Waals surface area contributed by atoms with Crippen molar-refractivity contribution in [3.8, 4) is 5.75 Å². The van der Waals surface area contributed by atoms with Crippen LogP contribution in [0.15, 0.2) is 29.1 Å². The summed E-state index contributed by atoms with van der Waals surface area (Å²) in [6.07, 6.45) is 0. The fourth-order valence-electron chi connectivity index (χ4n) is 1.43. The number of benzene rings is 1. The maximum absolute atomic E-state index is 13.6. The standard InChI is InChI=1S/C12H13FN2OS/c1-8(14)11-3-2-10(4-12(11)13)16-5-9-6-17-7-15-9/h2-4,6-8H,5,14H2,1H3/t8-/m0/s1. The lowest BCUT2D eigenvalue weighted by molar-refractivity contribution is 0.300. The molecule has 0 aliphatic rings. The van der Waals surface area contributed by atoms with E-state index in [0.29, 0.717) is 17.9 Å². The highest BCUT2D eigenvalue weighted by molar-refractivity contribution is 7.07. The van der Waals surface area contributed by atoms with E-state index < -0.39 is 0 Å². The van der Waals surface area contributed by atoms with Crippen molar-refractivity contribution in [2.24, 2.45) is 5.73 Å². The van der Waals surface area contributed by atoms with E-state index >= 15 is 0 Å². The number of nitrogens with two attached hydrogens (primary N) is 1. The Labute approximate surface area is 103 Å². The second-order valence-electron chi connectivity index (χ2n) is 3.74. The number of halogens is 1. The Morgan fingerprint density at radius 1 is 1.53 bits per heavy atom. The molecule has 1 atom stereocenters. The SMILES string of the molecule is C[C@H](N)c1ccc(OCc2cscn2)cc1F. The van der Waals surface area contributed by atoms with E-state index in [2.05, 4.69) is 4.98 Å². The van der Waals surface area contributed by atoms with Gasteiger partial charge in [-0.05, 0) is 13.0 Å². The van der Waals surface area contributed by atoms with Gasteiger partial charge in [-0.25, -0.2) is 9.37 Å². The van der Waals surface area contributed by atoms with E-state index in [4.69, 9.17) is 10.5 Å². The maximum Gasteiger partial charge on any atom is 0.131 e. The summed E-state index contributed by atoms with van der Waals surface area (Å²) in [5.41, 5.74) is 8.69. The normalized spacial score (nSPS) is 12.4. The lowest BCUT2D eigenvalue weighted by Crippen LogP contribution is -2.07. The van der Waals surface area contributed by atoms with E-state index in [9.17, 15) is 4.39 Å². The van der Waals surface area contributed by atoms with Gasteiger partial charge in [0.25, 0.3) is 0 Å². The number of hydrogen-bond donors (Lipinski definition) is 1. The van der Waals surface area contributed by atoms with Gasteiger partial charge in [0, 0.05) is 23.1 Å². The zero-order chi connectivity index (χ0) is 12.3. The summed E-state index contributed by atoms with van der Waals surface area (Å²) in [4.78, 5) is 4.08. The summed E-state index contributed by atoms with van der Waals surface area (Å²) in [5.74, 6) is 0.149. The smallest absolute Gasteiger partial charge is 0.131 e. The van der Waals surface area contributed by atoms with Gasteiger partial charge in [0.05, 0.1) is 11.2 Å². The van der Waals surface area contributed by atoms with Crippen LogP contribution in [-0.2, 0) is 6.61 Å². The molecule has 90 valence electrons.